The van der Waals surface area contributed by atoms with Crippen molar-refractivity contribution in [3.63, 3.8) is 0 Å². The van der Waals surface area contributed by atoms with E-state index in [1.54, 1.807) is 18.4 Å². The Morgan fingerprint density at radius 2 is 2.23 bits per heavy atom. The molecule has 1 saturated carbocycles. The van der Waals surface area contributed by atoms with Gasteiger partial charge in [0.1, 0.15) is 0 Å². The zero-order valence-electron chi connectivity index (χ0n) is 15.7. The van der Waals surface area contributed by atoms with Crippen LogP contribution in [0.1, 0.15) is 52.2 Å². The topological polar surface area (TPSA) is 50.8 Å². The minimum Gasteiger partial charge on any atom is -0.385 e. The second-order valence-electron chi connectivity index (χ2n) is 7.89. The van der Waals surface area contributed by atoms with Crippen LogP contribution < -0.4 is 5.32 Å². The van der Waals surface area contributed by atoms with Crippen LogP contribution in [0, 0.1) is 5.92 Å². The Kier molecular flexibility index (Phi) is 5.64. The van der Waals surface area contributed by atoms with Crippen molar-refractivity contribution in [1.82, 2.24) is 10.2 Å². The van der Waals surface area contributed by atoms with Crippen LogP contribution in [0.15, 0.2) is 6.07 Å². The molecular weight excluding hydrogens is 348 g/mol. The van der Waals surface area contributed by atoms with Crippen LogP contribution in [0.3, 0.4) is 0 Å². The van der Waals surface area contributed by atoms with E-state index >= 15 is 0 Å². The van der Waals surface area contributed by atoms with Crippen molar-refractivity contribution in [2.45, 2.75) is 44.1 Å². The first-order chi connectivity index (χ1) is 12.7. The number of nitrogens with zero attached hydrogens (tertiary/aromatic N) is 1. The summed E-state index contributed by atoms with van der Waals surface area (Å²) in [4.78, 5) is 17.3. The molecule has 0 aromatic carbocycles. The van der Waals surface area contributed by atoms with Crippen molar-refractivity contribution in [2.24, 2.45) is 5.92 Å². The van der Waals surface area contributed by atoms with E-state index < -0.39 is 0 Å². The lowest BCUT2D eigenvalue weighted by molar-refractivity contribution is -0.0974. The van der Waals surface area contributed by atoms with Gasteiger partial charge in [0.25, 0.3) is 5.91 Å². The molecular formula is C20H30N2O3S. The Morgan fingerprint density at radius 3 is 2.96 bits per heavy atom. The molecule has 144 valence electrons. The summed E-state index contributed by atoms with van der Waals surface area (Å²) in [6, 6.07) is 2.11. The summed E-state index contributed by atoms with van der Waals surface area (Å²) in [6.07, 6.45) is 6.71. The highest BCUT2D eigenvalue weighted by Crippen LogP contribution is 2.45. The van der Waals surface area contributed by atoms with Crippen molar-refractivity contribution >= 4 is 17.2 Å². The van der Waals surface area contributed by atoms with Crippen molar-refractivity contribution in [1.29, 1.82) is 0 Å². The molecule has 0 radical (unpaired) electrons. The molecule has 0 bridgehead atoms. The number of rotatable bonds is 7. The summed E-state index contributed by atoms with van der Waals surface area (Å²) < 4.78 is 11.4. The van der Waals surface area contributed by atoms with Gasteiger partial charge < -0.3 is 19.7 Å². The maximum Gasteiger partial charge on any atom is 0.261 e. The van der Waals surface area contributed by atoms with E-state index in [0.717, 1.165) is 56.2 Å². The van der Waals surface area contributed by atoms with Gasteiger partial charge in [-0.3, -0.25) is 4.79 Å². The van der Waals surface area contributed by atoms with E-state index in [2.05, 4.69) is 16.3 Å². The maximum atomic E-state index is 12.5. The highest BCUT2D eigenvalue weighted by Gasteiger charge is 2.42. The smallest absolute Gasteiger partial charge is 0.261 e. The maximum absolute atomic E-state index is 12.5. The van der Waals surface area contributed by atoms with Gasteiger partial charge in [0.2, 0.25) is 0 Å². The highest BCUT2D eigenvalue weighted by molar-refractivity contribution is 7.14. The van der Waals surface area contributed by atoms with Gasteiger partial charge in [-0.15, -0.1) is 11.3 Å². The van der Waals surface area contributed by atoms with Gasteiger partial charge in [0.15, 0.2) is 0 Å². The predicted molar refractivity (Wildman–Crippen MR) is 103 cm³/mol. The Balaban J connectivity index is 1.41. The first-order valence-electron chi connectivity index (χ1n) is 9.97. The molecule has 1 N–H and O–H groups in total. The molecule has 0 atom stereocenters. The fourth-order valence-corrected chi connectivity index (χ4v) is 5.36. The van der Waals surface area contributed by atoms with E-state index in [1.165, 1.54) is 29.8 Å². The Bertz CT molecular complexity index is 633. The van der Waals surface area contributed by atoms with E-state index in [-0.39, 0.29) is 11.5 Å². The number of carbonyl (C=O) groups is 1. The first-order valence-corrected chi connectivity index (χ1v) is 10.8. The van der Waals surface area contributed by atoms with Crippen LogP contribution in [0.5, 0.6) is 0 Å². The number of likely N-dealkylation sites (tertiary alicyclic amines) is 1. The molecule has 1 saturated heterocycles. The predicted octanol–water partition coefficient (Wildman–Crippen LogP) is 2.79. The van der Waals surface area contributed by atoms with Crippen LogP contribution in [0.4, 0.5) is 0 Å². The molecule has 3 heterocycles. The highest BCUT2D eigenvalue weighted by atomic mass is 32.1. The third-order valence-corrected chi connectivity index (χ3v) is 7.11. The quantitative estimate of drug-likeness (QED) is 0.742. The summed E-state index contributed by atoms with van der Waals surface area (Å²) >= 11 is 1.66. The zero-order valence-corrected chi connectivity index (χ0v) is 16.5. The molecule has 4 rings (SSSR count). The largest absolute Gasteiger partial charge is 0.385 e. The molecule has 26 heavy (non-hydrogen) atoms. The Labute approximate surface area is 160 Å². The van der Waals surface area contributed by atoms with Gasteiger partial charge in [0.05, 0.1) is 17.1 Å². The number of piperidine rings is 1. The van der Waals surface area contributed by atoms with E-state index in [1.807, 2.05) is 0 Å². The number of methoxy groups -OCH3 is 1. The number of nitrogens with one attached hydrogen (secondary N) is 1. The lowest BCUT2D eigenvalue weighted by Gasteiger charge is -2.44. The monoisotopic (exact) mass is 378 g/mol. The average Bonchev–Trinajstić information content (AvgIpc) is 3.35. The lowest BCUT2D eigenvalue weighted by atomic mass is 9.82. The summed E-state index contributed by atoms with van der Waals surface area (Å²) in [5, 5.41) is 3.01. The minimum atomic E-state index is -0.154. The van der Waals surface area contributed by atoms with Crippen LogP contribution in [-0.2, 0) is 21.5 Å². The van der Waals surface area contributed by atoms with E-state index in [9.17, 15) is 4.79 Å². The molecule has 2 fully saturated rings. The normalized spacial score (nSPS) is 22.3. The second kappa shape index (κ2) is 7.97. The zero-order chi connectivity index (χ0) is 18.0. The second-order valence-corrected chi connectivity index (χ2v) is 9.02. The molecule has 2 aliphatic heterocycles. The SMILES string of the molecule is COCCCNC(=O)c1cc2c(s1)CCOC21CCN(CC2CC2)CC1. The lowest BCUT2D eigenvalue weighted by Crippen LogP contribution is -2.46. The molecule has 6 heteroatoms. The number of hydrogen-bond acceptors (Lipinski definition) is 5. The number of carbonyl (C=O) groups excluding carboxylic acids is 1. The molecule has 1 aromatic rings. The van der Waals surface area contributed by atoms with Crippen LogP contribution in [0.2, 0.25) is 0 Å². The number of hydrogen-bond donors (Lipinski definition) is 1. The third-order valence-electron chi connectivity index (χ3n) is 5.92. The van der Waals surface area contributed by atoms with Crippen molar-refractivity contribution in [2.75, 3.05) is 46.5 Å². The van der Waals surface area contributed by atoms with Crippen molar-refractivity contribution in [3.05, 3.63) is 21.4 Å². The summed E-state index contributed by atoms with van der Waals surface area (Å²) in [6.45, 7) is 5.62. The van der Waals surface area contributed by atoms with Gasteiger partial charge in [-0.05, 0) is 49.7 Å². The van der Waals surface area contributed by atoms with Gasteiger partial charge >= 0.3 is 0 Å². The van der Waals surface area contributed by atoms with Gasteiger partial charge in [-0.1, -0.05) is 0 Å². The van der Waals surface area contributed by atoms with E-state index in [0.29, 0.717) is 13.2 Å². The van der Waals surface area contributed by atoms with Crippen LogP contribution >= 0.6 is 11.3 Å². The molecule has 1 amide bonds. The summed E-state index contributed by atoms with van der Waals surface area (Å²) in [7, 11) is 1.69. The number of ether oxygens (including phenoxy) is 2. The number of thiophene rings is 1. The van der Waals surface area contributed by atoms with Gasteiger partial charge in [0, 0.05) is 51.2 Å². The number of fused-ring (bicyclic) bond motifs is 2. The first kappa shape index (κ1) is 18.4. The average molecular weight is 379 g/mol. The molecule has 5 nitrogen and oxygen atoms in total. The standard InChI is InChI=1S/C20H30N2O3S/c1-24-11-2-8-21-19(23)18-13-16-17(26-18)5-12-25-20(16)6-9-22(10-7-20)14-15-3-4-15/h13,15H,2-12,14H2,1H3,(H,21,23). The van der Waals surface area contributed by atoms with Crippen LogP contribution in [-0.4, -0.2) is 57.3 Å². The van der Waals surface area contributed by atoms with Crippen LogP contribution in [0.25, 0.3) is 0 Å². The van der Waals surface area contributed by atoms with E-state index in [4.69, 9.17) is 9.47 Å². The third kappa shape index (κ3) is 3.98. The van der Waals surface area contributed by atoms with Gasteiger partial charge in [-0.25, -0.2) is 0 Å². The van der Waals surface area contributed by atoms with Crippen molar-refractivity contribution in [3.8, 4) is 0 Å². The Hall–Kier alpha value is -0.950. The fourth-order valence-electron chi connectivity index (χ4n) is 4.21. The molecule has 1 aliphatic carbocycles. The molecule has 1 aromatic heterocycles. The summed E-state index contributed by atoms with van der Waals surface area (Å²) in [5.74, 6) is 0.989. The summed E-state index contributed by atoms with van der Waals surface area (Å²) in [5.41, 5.74) is 1.14. The Morgan fingerprint density at radius 1 is 1.42 bits per heavy atom. The molecule has 0 unspecified atom stereocenters. The molecule has 1 spiro atoms. The number of amides is 1. The minimum absolute atomic E-state index is 0.0434. The van der Waals surface area contributed by atoms with Crippen molar-refractivity contribution < 1.29 is 14.3 Å². The molecule has 3 aliphatic rings. The fraction of sp³-hybridized carbons (Fsp3) is 0.750. The van der Waals surface area contributed by atoms with Gasteiger partial charge in [-0.2, -0.15) is 0 Å².